The molecule has 1 heterocycles. The molecule has 5 heteroatoms. The number of rotatable bonds is 5. The predicted octanol–water partition coefficient (Wildman–Crippen LogP) is 3.92. The van der Waals surface area contributed by atoms with Crippen LogP contribution in [0.3, 0.4) is 0 Å². The third-order valence-electron chi connectivity index (χ3n) is 3.87. The fourth-order valence-electron chi connectivity index (χ4n) is 2.29. The highest BCUT2D eigenvalue weighted by Crippen LogP contribution is 2.16. The molecule has 0 unspecified atom stereocenters. The number of ether oxygens (including phenoxy) is 1. The molecule has 1 amide bonds. The zero-order valence-corrected chi connectivity index (χ0v) is 14.2. The smallest absolute Gasteiger partial charge is 0.274 e. The number of aromatic nitrogens is 2. The summed E-state index contributed by atoms with van der Waals surface area (Å²) in [6, 6.07) is 17.1. The molecule has 5 nitrogen and oxygen atoms in total. The Morgan fingerprint density at radius 2 is 1.80 bits per heavy atom. The van der Waals surface area contributed by atoms with Gasteiger partial charge in [-0.2, -0.15) is 0 Å². The lowest BCUT2D eigenvalue weighted by atomic mass is 10.1. The van der Waals surface area contributed by atoms with Gasteiger partial charge >= 0.3 is 0 Å². The normalized spacial score (nSPS) is 10.3. The number of amides is 1. The maximum Gasteiger partial charge on any atom is 0.274 e. The molecule has 126 valence electrons. The second-order valence-electron chi connectivity index (χ2n) is 5.77. The van der Waals surface area contributed by atoms with Crippen molar-refractivity contribution >= 4 is 11.6 Å². The fraction of sp³-hybridized carbons (Fsp3) is 0.150. The maximum absolute atomic E-state index is 12.4. The van der Waals surface area contributed by atoms with Gasteiger partial charge in [-0.05, 0) is 42.7 Å². The van der Waals surface area contributed by atoms with Gasteiger partial charge in [0.15, 0.2) is 0 Å². The summed E-state index contributed by atoms with van der Waals surface area (Å²) in [4.78, 5) is 20.5. The first kappa shape index (κ1) is 16.6. The number of aryl methyl sites for hydroxylation is 2. The van der Waals surface area contributed by atoms with Gasteiger partial charge in [0, 0.05) is 11.8 Å². The summed E-state index contributed by atoms with van der Waals surface area (Å²) in [5.41, 5.74) is 4.32. The van der Waals surface area contributed by atoms with Crippen LogP contribution < -0.4 is 10.1 Å². The number of carbonyl (C=O) groups excluding carboxylic acids is 1. The molecule has 1 aromatic heterocycles. The Hall–Kier alpha value is -3.21. The summed E-state index contributed by atoms with van der Waals surface area (Å²) in [7, 11) is 0. The SMILES string of the molecule is Cc1ccc(NC(=O)c2cc(OCc3ccccc3)ncn2)cc1C. The molecule has 0 spiro atoms. The number of nitrogens with zero attached hydrogens (tertiary/aromatic N) is 2. The first-order valence-electron chi connectivity index (χ1n) is 7.99. The lowest BCUT2D eigenvalue weighted by molar-refractivity contribution is 0.102. The van der Waals surface area contributed by atoms with Crippen LogP contribution in [0.4, 0.5) is 5.69 Å². The molecule has 0 aliphatic carbocycles. The van der Waals surface area contributed by atoms with Crippen LogP contribution >= 0.6 is 0 Å². The van der Waals surface area contributed by atoms with Crippen molar-refractivity contribution < 1.29 is 9.53 Å². The van der Waals surface area contributed by atoms with Gasteiger partial charge in [-0.3, -0.25) is 4.79 Å². The van der Waals surface area contributed by atoms with Gasteiger partial charge in [-0.25, -0.2) is 9.97 Å². The molecule has 3 rings (SSSR count). The van der Waals surface area contributed by atoms with Crippen LogP contribution in [-0.4, -0.2) is 15.9 Å². The van der Waals surface area contributed by atoms with Crippen molar-refractivity contribution in [2.45, 2.75) is 20.5 Å². The van der Waals surface area contributed by atoms with Crippen molar-refractivity contribution in [2.24, 2.45) is 0 Å². The monoisotopic (exact) mass is 333 g/mol. The lowest BCUT2D eigenvalue weighted by Gasteiger charge is -2.09. The van der Waals surface area contributed by atoms with Crippen molar-refractivity contribution in [3.63, 3.8) is 0 Å². The Kier molecular flexibility index (Phi) is 5.04. The largest absolute Gasteiger partial charge is 0.473 e. The van der Waals surface area contributed by atoms with Crippen molar-refractivity contribution in [1.82, 2.24) is 9.97 Å². The second-order valence-corrected chi connectivity index (χ2v) is 5.77. The third-order valence-corrected chi connectivity index (χ3v) is 3.87. The summed E-state index contributed by atoms with van der Waals surface area (Å²) in [5.74, 6) is 0.0688. The number of anilines is 1. The molecule has 0 aliphatic rings. The zero-order chi connectivity index (χ0) is 17.6. The highest BCUT2D eigenvalue weighted by atomic mass is 16.5. The van der Waals surface area contributed by atoms with E-state index in [-0.39, 0.29) is 11.6 Å². The molecule has 0 fully saturated rings. The average Bonchev–Trinajstić information content (AvgIpc) is 2.64. The van der Waals surface area contributed by atoms with E-state index in [9.17, 15) is 4.79 Å². The Labute approximate surface area is 146 Å². The van der Waals surface area contributed by atoms with E-state index in [0.29, 0.717) is 12.5 Å². The fourth-order valence-corrected chi connectivity index (χ4v) is 2.29. The molecule has 1 N–H and O–H groups in total. The van der Waals surface area contributed by atoms with Gasteiger partial charge in [0.05, 0.1) is 0 Å². The molecule has 25 heavy (non-hydrogen) atoms. The number of hydrogen-bond acceptors (Lipinski definition) is 4. The zero-order valence-electron chi connectivity index (χ0n) is 14.2. The minimum Gasteiger partial charge on any atom is -0.473 e. The van der Waals surface area contributed by atoms with E-state index >= 15 is 0 Å². The van der Waals surface area contributed by atoms with E-state index in [4.69, 9.17) is 4.74 Å². The molecule has 3 aromatic rings. The van der Waals surface area contributed by atoms with Gasteiger partial charge in [0.25, 0.3) is 5.91 Å². The quantitative estimate of drug-likeness (QED) is 0.768. The van der Waals surface area contributed by atoms with Gasteiger partial charge < -0.3 is 10.1 Å². The number of nitrogens with one attached hydrogen (secondary N) is 1. The van der Waals surface area contributed by atoms with Gasteiger partial charge in [0.2, 0.25) is 5.88 Å². The Balaban J connectivity index is 1.67. The summed E-state index contributed by atoms with van der Waals surface area (Å²) in [5, 5.41) is 2.84. The van der Waals surface area contributed by atoms with E-state index in [0.717, 1.165) is 16.8 Å². The summed E-state index contributed by atoms with van der Waals surface area (Å²) < 4.78 is 5.64. The molecule has 0 radical (unpaired) electrons. The first-order chi connectivity index (χ1) is 12.1. The van der Waals surface area contributed by atoms with Crippen LogP contribution in [0.5, 0.6) is 5.88 Å². The van der Waals surface area contributed by atoms with E-state index < -0.39 is 0 Å². The summed E-state index contributed by atoms with van der Waals surface area (Å²) in [6.07, 6.45) is 1.33. The molecular formula is C20H19N3O2. The minimum atomic E-state index is -0.296. The van der Waals surface area contributed by atoms with Crippen LogP contribution in [0.1, 0.15) is 27.2 Å². The summed E-state index contributed by atoms with van der Waals surface area (Å²) in [6.45, 7) is 4.42. The maximum atomic E-state index is 12.4. The van der Waals surface area contributed by atoms with Crippen molar-refractivity contribution in [3.8, 4) is 5.88 Å². The van der Waals surface area contributed by atoms with E-state index in [1.54, 1.807) is 6.07 Å². The molecule has 0 aliphatic heterocycles. The van der Waals surface area contributed by atoms with Crippen LogP contribution in [-0.2, 0) is 6.61 Å². The Morgan fingerprint density at radius 1 is 1.00 bits per heavy atom. The van der Waals surface area contributed by atoms with Gasteiger partial charge in [-0.15, -0.1) is 0 Å². The van der Waals surface area contributed by atoms with Crippen LogP contribution in [0, 0.1) is 13.8 Å². The average molecular weight is 333 g/mol. The van der Waals surface area contributed by atoms with E-state index in [1.807, 2.05) is 62.4 Å². The van der Waals surface area contributed by atoms with E-state index in [2.05, 4.69) is 15.3 Å². The van der Waals surface area contributed by atoms with Crippen molar-refractivity contribution in [2.75, 3.05) is 5.32 Å². The van der Waals surface area contributed by atoms with Crippen LogP contribution in [0.15, 0.2) is 60.9 Å². The highest BCUT2D eigenvalue weighted by Gasteiger charge is 2.10. The molecule has 0 saturated carbocycles. The van der Waals surface area contributed by atoms with Crippen LogP contribution in [0.2, 0.25) is 0 Å². The molecule has 0 bridgehead atoms. The number of carbonyl (C=O) groups is 1. The Morgan fingerprint density at radius 3 is 2.56 bits per heavy atom. The lowest BCUT2D eigenvalue weighted by Crippen LogP contribution is -2.14. The number of benzene rings is 2. The molecule has 0 saturated heterocycles. The second kappa shape index (κ2) is 7.57. The minimum absolute atomic E-state index is 0.260. The highest BCUT2D eigenvalue weighted by molar-refractivity contribution is 6.03. The Bertz CT molecular complexity index is 879. The van der Waals surface area contributed by atoms with Crippen molar-refractivity contribution in [3.05, 3.63) is 83.3 Å². The van der Waals surface area contributed by atoms with E-state index in [1.165, 1.54) is 11.9 Å². The van der Waals surface area contributed by atoms with Gasteiger partial charge in [0.1, 0.15) is 18.6 Å². The van der Waals surface area contributed by atoms with Gasteiger partial charge in [-0.1, -0.05) is 36.4 Å². The van der Waals surface area contributed by atoms with Crippen LogP contribution in [0.25, 0.3) is 0 Å². The summed E-state index contributed by atoms with van der Waals surface area (Å²) >= 11 is 0. The molecule has 0 atom stereocenters. The standard InChI is InChI=1S/C20H19N3O2/c1-14-8-9-17(10-15(14)2)23-20(24)18-11-19(22-13-21-18)25-12-16-6-4-3-5-7-16/h3-11,13H,12H2,1-2H3,(H,23,24). The van der Waals surface area contributed by atoms with Crippen molar-refractivity contribution in [1.29, 1.82) is 0 Å². The third kappa shape index (κ3) is 4.41. The topological polar surface area (TPSA) is 64.1 Å². The molecule has 2 aromatic carbocycles. The molecular weight excluding hydrogens is 314 g/mol. The predicted molar refractivity (Wildman–Crippen MR) is 96.7 cm³/mol. The first-order valence-corrected chi connectivity index (χ1v) is 7.99. The number of hydrogen-bond donors (Lipinski definition) is 1.